The Labute approximate surface area is 283 Å². The standard InChI is InChI=1S/C35H46O14/c1-11-18-17(22(39)25(40)34(43)10-16-23(47-16)28(31(18,34)7)46-15(5)38)20-24(44-13(3)36)21-19(30(20,6)26(11)45-14(4)37)12(2)27-35(48-27)32(21,8)33(9,42)29(41)49-35/h11-12,16-24,26-28,39,42-43H,10H2,1-9H3/t11?,12-,16-,17?,18?,19-,20+,21-,22?,23-,24+,26-,27+,28-,30+,31-,32-,33+,34-,35-/m0/s1. The molecule has 0 aromatic rings. The molecule has 3 N–H and O–H groups in total. The van der Waals surface area contributed by atoms with Gasteiger partial charge in [0.25, 0.3) is 0 Å². The van der Waals surface area contributed by atoms with Gasteiger partial charge < -0.3 is 43.7 Å². The Morgan fingerprint density at radius 2 is 1.41 bits per heavy atom. The van der Waals surface area contributed by atoms with Gasteiger partial charge in [0, 0.05) is 55.8 Å². The van der Waals surface area contributed by atoms with Gasteiger partial charge in [0.2, 0.25) is 5.79 Å². The normalized spacial score (nSPS) is 60.2. The van der Waals surface area contributed by atoms with Crippen LogP contribution in [0.3, 0.4) is 0 Å². The Hall–Kier alpha value is -2.65. The van der Waals surface area contributed by atoms with Crippen molar-refractivity contribution in [3.8, 4) is 0 Å². The fraction of sp³-hybridized carbons (Fsp3) is 0.857. The topological polar surface area (TPSA) is 208 Å². The highest BCUT2D eigenvalue weighted by molar-refractivity contribution is 5.94. The first kappa shape index (κ1) is 33.5. The molecule has 0 radical (unpaired) electrons. The average molecular weight is 691 g/mol. The monoisotopic (exact) mass is 690 g/mol. The molecular weight excluding hydrogens is 644 g/mol. The molecule has 0 aromatic heterocycles. The predicted octanol–water partition coefficient (Wildman–Crippen LogP) is 0.443. The molecule has 0 aromatic carbocycles. The molecule has 0 amide bonds. The van der Waals surface area contributed by atoms with Crippen molar-refractivity contribution in [3.63, 3.8) is 0 Å². The van der Waals surface area contributed by atoms with Crippen LogP contribution in [0.1, 0.15) is 68.7 Å². The summed E-state index contributed by atoms with van der Waals surface area (Å²) in [6.07, 6.45) is -6.94. The minimum absolute atomic E-state index is 0.129. The van der Waals surface area contributed by atoms with Crippen molar-refractivity contribution < 1.29 is 67.7 Å². The molecule has 1 spiro atoms. The third kappa shape index (κ3) is 3.44. The summed E-state index contributed by atoms with van der Waals surface area (Å²) in [5, 5.41) is 36.7. The summed E-state index contributed by atoms with van der Waals surface area (Å²) in [5.74, 6) is -10.5. The highest BCUT2D eigenvalue weighted by atomic mass is 16.8. The first-order valence-electron chi connectivity index (χ1n) is 17.3. The van der Waals surface area contributed by atoms with E-state index in [9.17, 15) is 39.3 Å². The van der Waals surface area contributed by atoms with E-state index in [1.807, 2.05) is 20.8 Å². The van der Waals surface area contributed by atoms with E-state index in [2.05, 4.69) is 0 Å². The molecule has 14 nitrogen and oxygen atoms in total. The SMILES string of the molecule is CC(=O)O[C@H]1[C@@H]2[C@H]([C@H](C)[C@H]3O[C@]34OC(=O)[C@@](C)(O)[C@]24C)[C@]2(C)[C@@H]1C1C(O)C(=O)[C@@]3(O)C[C@@H]4O[C@@H]4[C@H](OC(C)=O)[C@]3(C)C1C(C)[C@@H]2OC(C)=O. The number of rotatable bonds is 3. The molecule has 8 aliphatic rings. The predicted molar refractivity (Wildman–Crippen MR) is 160 cm³/mol. The summed E-state index contributed by atoms with van der Waals surface area (Å²) >= 11 is 0. The lowest BCUT2D eigenvalue weighted by Gasteiger charge is -2.67. The second kappa shape index (κ2) is 9.41. The van der Waals surface area contributed by atoms with Gasteiger partial charge in [-0.2, -0.15) is 0 Å². The fourth-order valence-corrected chi connectivity index (χ4v) is 13.4. The number of aliphatic hydroxyl groups excluding tert-OH is 1. The molecule has 20 atom stereocenters. The van der Waals surface area contributed by atoms with Crippen molar-refractivity contribution in [3.05, 3.63) is 0 Å². The largest absolute Gasteiger partial charge is 0.462 e. The quantitative estimate of drug-likeness (QED) is 0.209. The van der Waals surface area contributed by atoms with Crippen LogP contribution < -0.4 is 0 Å². The summed E-state index contributed by atoms with van der Waals surface area (Å²) in [5.41, 5.74) is -8.50. The minimum Gasteiger partial charge on any atom is -0.462 e. The molecule has 0 bridgehead atoms. The highest BCUT2D eigenvalue weighted by Crippen LogP contribution is 2.81. The van der Waals surface area contributed by atoms with Gasteiger partial charge in [0.05, 0.1) is 11.5 Å². The molecule has 4 unspecified atom stereocenters. The molecule has 49 heavy (non-hydrogen) atoms. The zero-order chi connectivity index (χ0) is 35.9. The fourth-order valence-electron chi connectivity index (χ4n) is 13.4. The summed E-state index contributed by atoms with van der Waals surface area (Å²) in [4.78, 5) is 66.7. The van der Waals surface area contributed by atoms with E-state index in [1.54, 1.807) is 13.8 Å². The maximum atomic E-state index is 14.5. The summed E-state index contributed by atoms with van der Waals surface area (Å²) in [6, 6.07) is 0. The minimum atomic E-state index is -2.19. The van der Waals surface area contributed by atoms with E-state index in [0.29, 0.717) is 0 Å². The molecule has 3 aliphatic heterocycles. The molecule has 5 saturated carbocycles. The number of fused-ring (bicyclic) bond motifs is 9. The van der Waals surface area contributed by atoms with Crippen LogP contribution in [-0.2, 0) is 52.4 Å². The van der Waals surface area contributed by atoms with E-state index >= 15 is 0 Å². The summed E-state index contributed by atoms with van der Waals surface area (Å²) in [6.45, 7) is 14.1. The summed E-state index contributed by atoms with van der Waals surface area (Å²) < 4.78 is 36.4. The number of carbonyl (C=O) groups is 5. The van der Waals surface area contributed by atoms with Crippen molar-refractivity contribution in [2.75, 3.05) is 0 Å². The van der Waals surface area contributed by atoms with Crippen LogP contribution in [0.4, 0.5) is 0 Å². The second-order valence-electron chi connectivity index (χ2n) is 17.1. The summed E-state index contributed by atoms with van der Waals surface area (Å²) in [7, 11) is 0. The number of hydrogen-bond donors (Lipinski definition) is 3. The maximum absolute atomic E-state index is 14.5. The smallest absolute Gasteiger partial charge is 0.341 e. The van der Waals surface area contributed by atoms with Gasteiger partial charge in [-0.1, -0.05) is 27.7 Å². The van der Waals surface area contributed by atoms with Crippen LogP contribution in [0, 0.1) is 57.7 Å². The lowest BCUT2D eigenvalue weighted by atomic mass is 9.38. The number of Topliss-reactive ketones (excluding diaryl/α,β-unsaturated/α-hetero) is 1. The zero-order valence-corrected chi connectivity index (χ0v) is 29.1. The number of epoxide rings is 2. The van der Waals surface area contributed by atoms with E-state index < -0.39 is 147 Å². The van der Waals surface area contributed by atoms with Crippen molar-refractivity contribution in [2.24, 2.45) is 57.7 Å². The number of ketones is 1. The van der Waals surface area contributed by atoms with Crippen LogP contribution in [0.25, 0.3) is 0 Å². The molecular formula is C35H46O14. The van der Waals surface area contributed by atoms with Gasteiger partial charge in [-0.25, -0.2) is 4.79 Å². The Bertz CT molecular complexity index is 1590. The molecule has 3 saturated heterocycles. The van der Waals surface area contributed by atoms with Crippen molar-refractivity contribution in [1.82, 2.24) is 0 Å². The van der Waals surface area contributed by atoms with Gasteiger partial charge in [0.1, 0.15) is 42.2 Å². The van der Waals surface area contributed by atoms with Crippen LogP contribution in [0.2, 0.25) is 0 Å². The first-order chi connectivity index (χ1) is 22.6. The highest BCUT2D eigenvalue weighted by Gasteiger charge is 2.93. The van der Waals surface area contributed by atoms with Gasteiger partial charge in [-0.15, -0.1) is 0 Å². The van der Waals surface area contributed by atoms with Gasteiger partial charge in [-0.3, -0.25) is 19.2 Å². The maximum Gasteiger partial charge on any atom is 0.341 e. The molecule has 14 heteroatoms. The second-order valence-corrected chi connectivity index (χ2v) is 17.1. The molecule has 8 fully saturated rings. The number of aliphatic hydroxyl groups is 3. The Kier molecular flexibility index (Phi) is 6.43. The van der Waals surface area contributed by atoms with Gasteiger partial charge >= 0.3 is 23.9 Å². The lowest BCUT2D eigenvalue weighted by Crippen LogP contribution is -2.78. The van der Waals surface area contributed by atoms with E-state index in [0.717, 1.165) is 0 Å². The molecule has 3 heterocycles. The third-order valence-electron chi connectivity index (χ3n) is 15.2. The Morgan fingerprint density at radius 1 is 0.816 bits per heavy atom. The van der Waals surface area contributed by atoms with E-state index in [-0.39, 0.29) is 6.42 Å². The number of hydrogen-bond acceptors (Lipinski definition) is 14. The van der Waals surface area contributed by atoms with Gasteiger partial charge in [-0.05, 0) is 37.5 Å². The number of carbonyl (C=O) groups excluding carboxylic acids is 5. The number of ether oxygens (including phenoxy) is 6. The Balaban J connectivity index is 1.40. The molecule has 5 aliphatic carbocycles. The van der Waals surface area contributed by atoms with Crippen LogP contribution >= 0.6 is 0 Å². The first-order valence-corrected chi connectivity index (χ1v) is 17.3. The molecule has 270 valence electrons. The molecule has 8 rings (SSSR count). The van der Waals surface area contributed by atoms with E-state index in [4.69, 9.17) is 28.4 Å². The van der Waals surface area contributed by atoms with Crippen molar-refractivity contribution >= 4 is 29.7 Å². The average Bonchev–Trinajstić information content (AvgIpc) is 3.89. The van der Waals surface area contributed by atoms with Crippen LogP contribution in [-0.4, -0.2) is 105 Å². The van der Waals surface area contributed by atoms with Crippen LogP contribution in [0.15, 0.2) is 0 Å². The van der Waals surface area contributed by atoms with Crippen LogP contribution in [0.5, 0.6) is 0 Å². The third-order valence-corrected chi connectivity index (χ3v) is 15.2. The van der Waals surface area contributed by atoms with E-state index in [1.165, 1.54) is 27.7 Å². The van der Waals surface area contributed by atoms with Crippen molar-refractivity contribution in [2.45, 2.75) is 128 Å². The lowest BCUT2D eigenvalue weighted by molar-refractivity contribution is -0.282. The number of esters is 4. The Morgan fingerprint density at radius 3 is 2.00 bits per heavy atom. The van der Waals surface area contributed by atoms with Gasteiger partial charge in [0.15, 0.2) is 11.4 Å². The zero-order valence-electron chi connectivity index (χ0n) is 29.1. The van der Waals surface area contributed by atoms with Crippen molar-refractivity contribution in [1.29, 1.82) is 0 Å².